The molecule has 2 aromatic rings. The number of alkyl halides is 3. The minimum absolute atomic E-state index is 0.366. The second-order valence-electron chi connectivity index (χ2n) is 4.53. The molecule has 2 rings (SSSR count). The lowest BCUT2D eigenvalue weighted by Gasteiger charge is -2.18. The highest BCUT2D eigenvalue weighted by Crippen LogP contribution is 2.26. The molecule has 0 radical (unpaired) electrons. The summed E-state index contributed by atoms with van der Waals surface area (Å²) in [5.41, 5.74) is 0.675. The van der Waals surface area contributed by atoms with E-state index >= 15 is 0 Å². The Morgan fingerprint density at radius 2 is 1.90 bits per heavy atom. The topological polar surface area (TPSA) is 49.8 Å². The van der Waals surface area contributed by atoms with E-state index in [0.29, 0.717) is 22.7 Å². The van der Waals surface area contributed by atoms with Crippen LogP contribution in [0.5, 0.6) is 0 Å². The summed E-state index contributed by atoms with van der Waals surface area (Å²) in [6.07, 6.45) is -5.12. The van der Waals surface area contributed by atoms with Gasteiger partial charge in [-0.3, -0.25) is 0 Å². The van der Waals surface area contributed by atoms with Crippen molar-refractivity contribution in [3.05, 3.63) is 24.3 Å². The Morgan fingerprint density at radius 3 is 2.55 bits per heavy atom. The molecule has 0 aliphatic carbocycles. The van der Waals surface area contributed by atoms with E-state index < -0.39 is 18.6 Å². The fourth-order valence-electron chi connectivity index (χ4n) is 1.93. The van der Waals surface area contributed by atoms with Gasteiger partial charge in [-0.25, -0.2) is 4.98 Å². The highest BCUT2D eigenvalue weighted by molar-refractivity contribution is 5.90. The summed E-state index contributed by atoms with van der Waals surface area (Å²) in [6.45, 7) is 1.48. The number of nitrogens with zero attached hydrogens (tertiary/aromatic N) is 2. The first-order valence-electron chi connectivity index (χ1n) is 6.17. The molecular weight excluding hydrogens is 269 g/mol. The van der Waals surface area contributed by atoms with Gasteiger partial charge in [0.25, 0.3) is 0 Å². The largest absolute Gasteiger partial charge is 0.391 e. The Hall–Kier alpha value is -2.05. The number of benzene rings is 1. The standard InChI is InChI=1S/C13H15F3N4/c1-8(7-13(14,15)16)18-11-9-5-3-4-6-10(9)19-12(17-2)20-11/h3-6,8H,7H2,1-2H3,(H2,17,18,19,20). The number of para-hydroxylation sites is 1. The fourth-order valence-corrected chi connectivity index (χ4v) is 1.93. The third-order valence-corrected chi connectivity index (χ3v) is 2.75. The van der Waals surface area contributed by atoms with Crippen LogP contribution in [-0.4, -0.2) is 29.2 Å². The molecule has 0 saturated carbocycles. The molecule has 0 spiro atoms. The average Bonchev–Trinajstić information content (AvgIpc) is 2.36. The summed E-state index contributed by atoms with van der Waals surface area (Å²) >= 11 is 0. The summed E-state index contributed by atoms with van der Waals surface area (Å²) in [5, 5.41) is 6.30. The van der Waals surface area contributed by atoms with Gasteiger partial charge >= 0.3 is 6.18 Å². The predicted molar refractivity (Wildman–Crippen MR) is 72.8 cm³/mol. The Labute approximate surface area is 114 Å². The van der Waals surface area contributed by atoms with Crippen molar-refractivity contribution in [2.24, 2.45) is 0 Å². The number of aromatic nitrogens is 2. The Balaban J connectivity index is 2.33. The number of anilines is 2. The zero-order chi connectivity index (χ0) is 14.8. The molecule has 1 heterocycles. The van der Waals surface area contributed by atoms with Gasteiger partial charge in [0.2, 0.25) is 5.95 Å². The molecule has 7 heteroatoms. The van der Waals surface area contributed by atoms with Gasteiger partial charge in [0.1, 0.15) is 5.82 Å². The van der Waals surface area contributed by atoms with E-state index in [1.807, 2.05) is 6.07 Å². The molecule has 1 unspecified atom stereocenters. The lowest BCUT2D eigenvalue weighted by atomic mass is 10.2. The van der Waals surface area contributed by atoms with Crippen LogP contribution in [-0.2, 0) is 0 Å². The van der Waals surface area contributed by atoms with Crippen LogP contribution in [0.2, 0.25) is 0 Å². The second kappa shape index (κ2) is 5.52. The van der Waals surface area contributed by atoms with Gasteiger partial charge in [0.05, 0.1) is 11.9 Å². The van der Waals surface area contributed by atoms with Crippen LogP contribution in [0.3, 0.4) is 0 Å². The number of rotatable bonds is 4. The van der Waals surface area contributed by atoms with Gasteiger partial charge < -0.3 is 10.6 Å². The maximum Gasteiger partial charge on any atom is 0.391 e. The van der Waals surface area contributed by atoms with Gasteiger partial charge in [-0.05, 0) is 19.1 Å². The van der Waals surface area contributed by atoms with Crippen molar-refractivity contribution in [3.63, 3.8) is 0 Å². The molecule has 1 aromatic heterocycles. The average molecular weight is 284 g/mol. The van der Waals surface area contributed by atoms with Crippen LogP contribution >= 0.6 is 0 Å². The van der Waals surface area contributed by atoms with E-state index in [2.05, 4.69) is 20.6 Å². The van der Waals surface area contributed by atoms with Crippen LogP contribution in [0, 0.1) is 0 Å². The molecule has 2 N–H and O–H groups in total. The van der Waals surface area contributed by atoms with Crippen molar-refractivity contribution in [1.29, 1.82) is 0 Å². The molecule has 0 bridgehead atoms. The molecule has 4 nitrogen and oxygen atoms in total. The first-order valence-corrected chi connectivity index (χ1v) is 6.17. The smallest absolute Gasteiger partial charge is 0.367 e. The lowest BCUT2D eigenvalue weighted by Crippen LogP contribution is -2.24. The van der Waals surface area contributed by atoms with Crippen LogP contribution < -0.4 is 10.6 Å². The number of hydrogen-bond donors (Lipinski definition) is 2. The van der Waals surface area contributed by atoms with E-state index in [0.717, 1.165) is 0 Å². The fraction of sp³-hybridized carbons (Fsp3) is 0.385. The molecule has 1 aromatic carbocycles. The van der Waals surface area contributed by atoms with Crippen LogP contribution in [0.15, 0.2) is 24.3 Å². The SMILES string of the molecule is CNc1nc(NC(C)CC(F)(F)F)c2ccccc2n1. The van der Waals surface area contributed by atoms with Crippen LogP contribution in [0.4, 0.5) is 24.9 Å². The van der Waals surface area contributed by atoms with Gasteiger partial charge in [-0.15, -0.1) is 0 Å². The third-order valence-electron chi connectivity index (χ3n) is 2.75. The first kappa shape index (κ1) is 14.4. The quantitative estimate of drug-likeness (QED) is 0.903. The minimum atomic E-state index is -4.21. The van der Waals surface area contributed by atoms with Crippen molar-refractivity contribution in [2.75, 3.05) is 17.7 Å². The molecular formula is C13H15F3N4. The lowest BCUT2D eigenvalue weighted by molar-refractivity contribution is -0.136. The first-order chi connectivity index (χ1) is 9.39. The Bertz CT molecular complexity index is 598. The third kappa shape index (κ3) is 3.49. The van der Waals surface area contributed by atoms with E-state index in [9.17, 15) is 13.2 Å². The van der Waals surface area contributed by atoms with E-state index in [-0.39, 0.29) is 0 Å². The Kier molecular flexibility index (Phi) is 3.96. The van der Waals surface area contributed by atoms with E-state index in [1.54, 1.807) is 25.2 Å². The molecule has 0 fully saturated rings. The normalized spacial score (nSPS) is 13.2. The van der Waals surface area contributed by atoms with E-state index in [4.69, 9.17) is 0 Å². The number of halogens is 3. The van der Waals surface area contributed by atoms with Gasteiger partial charge in [0, 0.05) is 18.5 Å². The van der Waals surface area contributed by atoms with Crippen molar-refractivity contribution in [2.45, 2.75) is 25.6 Å². The summed E-state index contributed by atoms with van der Waals surface area (Å²) in [7, 11) is 1.66. The zero-order valence-electron chi connectivity index (χ0n) is 11.1. The van der Waals surface area contributed by atoms with Crippen LogP contribution in [0.25, 0.3) is 10.9 Å². The maximum absolute atomic E-state index is 12.4. The maximum atomic E-state index is 12.4. The predicted octanol–water partition coefficient (Wildman–Crippen LogP) is 3.42. The molecule has 0 aliphatic heterocycles. The second-order valence-corrected chi connectivity index (χ2v) is 4.53. The molecule has 1 atom stereocenters. The van der Waals surface area contributed by atoms with Crippen molar-refractivity contribution >= 4 is 22.7 Å². The highest BCUT2D eigenvalue weighted by atomic mass is 19.4. The van der Waals surface area contributed by atoms with Crippen molar-refractivity contribution in [3.8, 4) is 0 Å². The van der Waals surface area contributed by atoms with Gasteiger partial charge in [-0.2, -0.15) is 18.2 Å². The number of fused-ring (bicyclic) bond motifs is 1. The summed E-state index contributed by atoms with van der Waals surface area (Å²) < 4.78 is 37.1. The molecule has 20 heavy (non-hydrogen) atoms. The Morgan fingerprint density at radius 1 is 1.20 bits per heavy atom. The summed E-state index contributed by atoms with van der Waals surface area (Å²) in [4.78, 5) is 8.44. The van der Waals surface area contributed by atoms with Gasteiger partial charge in [0.15, 0.2) is 0 Å². The molecule has 108 valence electrons. The van der Waals surface area contributed by atoms with Crippen LogP contribution in [0.1, 0.15) is 13.3 Å². The molecule has 0 saturated heterocycles. The number of nitrogens with one attached hydrogen (secondary N) is 2. The van der Waals surface area contributed by atoms with Gasteiger partial charge in [-0.1, -0.05) is 12.1 Å². The summed E-state index contributed by atoms with van der Waals surface area (Å²) in [5.74, 6) is 0.766. The minimum Gasteiger partial charge on any atom is -0.367 e. The van der Waals surface area contributed by atoms with Crippen molar-refractivity contribution < 1.29 is 13.2 Å². The monoisotopic (exact) mass is 284 g/mol. The van der Waals surface area contributed by atoms with Crippen molar-refractivity contribution in [1.82, 2.24) is 9.97 Å². The zero-order valence-corrected chi connectivity index (χ0v) is 11.1. The molecule has 0 amide bonds. The molecule has 0 aliphatic rings. The summed E-state index contributed by atoms with van der Waals surface area (Å²) in [6, 6.07) is 6.41. The highest BCUT2D eigenvalue weighted by Gasteiger charge is 2.30. The van der Waals surface area contributed by atoms with E-state index in [1.165, 1.54) is 6.92 Å². The number of hydrogen-bond acceptors (Lipinski definition) is 4.